The highest BCUT2D eigenvalue weighted by Gasteiger charge is 2.23. The molecule has 2 amide bonds. The van der Waals surface area contributed by atoms with E-state index < -0.39 is 0 Å². The number of hydrogen-bond donors (Lipinski definition) is 2. The number of nitrogens with one attached hydrogen (secondary N) is 2. The van der Waals surface area contributed by atoms with Gasteiger partial charge in [0.15, 0.2) is 0 Å². The second-order valence-corrected chi connectivity index (χ2v) is 5.10. The number of amides is 2. The van der Waals surface area contributed by atoms with Crippen molar-refractivity contribution < 1.29 is 19.1 Å². The molecule has 1 fully saturated rings. The smallest absolute Gasteiger partial charge is 0.225 e. The Kier molecular flexibility index (Phi) is 6.14. The molecule has 2 rings (SSSR count). The molecule has 2 N–H and O–H groups in total. The molecule has 0 bridgehead atoms. The summed E-state index contributed by atoms with van der Waals surface area (Å²) in [6.07, 6.45) is 2.68. The van der Waals surface area contributed by atoms with Crippen molar-refractivity contribution in [2.75, 3.05) is 26.9 Å². The van der Waals surface area contributed by atoms with Crippen molar-refractivity contribution in [3.8, 4) is 5.88 Å². The van der Waals surface area contributed by atoms with Gasteiger partial charge in [-0.05, 0) is 12.0 Å². The summed E-state index contributed by atoms with van der Waals surface area (Å²) in [5.41, 5.74) is 0.896. The topological polar surface area (TPSA) is 89.5 Å². The lowest BCUT2D eigenvalue weighted by Gasteiger charge is -2.21. The first-order chi connectivity index (χ1) is 10.7. The molecule has 1 saturated heterocycles. The van der Waals surface area contributed by atoms with Gasteiger partial charge >= 0.3 is 0 Å². The van der Waals surface area contributed by atoms with Crippen molar-refractivity contribution in [3.05, 3.63) is 23.9 Å². The molecule has 7 heteroatoms. The average molecular weight is 307 g/mol. The van der Waals surface area contributed by atoms with Crippen LogP contribution in [0.4, 0.5) is 0 Å². The molecule has 0 saturated carbocycles. The summed E-state index contributed by atoms with van der Waals surface area (Å²) in [5, 5.41) is 5.57. The molecular formula is C15H21N3O4. The average Bonchev–Trinajstić information content (AvgIpc) is 2.55. The number of carbonyl (C=O) groups is 2. The number of rotatable bonds is 7. The predicted octanol–water partition coefficient (Wildman–Crippen LogP) is 0.249. The highest BCUT2D eigenvalue weighted by molar-refractivity contribution is 5.83. The lowest BCUT2D eigenvalue weighted by molar-refractivity contribution is -0.129. The van der Waals surface area contributed by atoms with Crippen molar-refractivity contribution in [2.24, 2.45) is 5.92 Å². The fourth-order valence-electron chi connectivity index (χ4n) is 2.12. The fourth-order valence-corrected chi connectivity index (χ4v) is 2.12. The molecule has 0 radical (unpaired) electrons. The Morgan fingerprint density at radius 2 is 2.32 bits per heavy atom. The molecule has 1 aromatic rings. The van der Waals surface area contributed by atoms with E-state index in [4.69, 9.17) is 9.47 Å². The van der Waals surface area contributed by atoms with Crippen LogP contribution in [0.1, 0.15) is 18.4 Å². The summed E-state index contributed by atoms with van der Waals surface area (Å²) < 4.78 is 10.3. The highest BCUT2D eigenvalue weighted by Crippen LogP contribution is 2.12. The van der Waals surface area contributed by atoms with E-state index in [0.717, 1.165) is 5.56 Å². The van der Waals surface area contributed by atoms with Gasteiger partial charge in [0, 0.05) is 38.9 Å². The number of piperidine rings is 1. The normalized spacial score (nSPS) is 17.7. The van der Waals surface area contributed by atoms with Crippen LogP contribution >= 0.6 is 0 Å². The second kappa shape index (κ2) is 8.33. The molecule has 1 atom stereocenters. The predicted molar refractivity (Wildman–Crippen MR) is 79.2 cm³/mol. The summed E-state index contributed by atoms with van der Waals surface area (Å²) in [5.74, 6) is 0.349. The van der Waals surface area contributed by atoms with Gasteiger partial charge in [-0.2, -0.15) is 0 Å². The first-order valence-corrected chi connectivity index (χ1v) is 7.30. The van der Waals surface area contributed by atoms with Crippen LogP contribution in [0.3, 0.4) is 0 Å². The van der Waals surface area contributed by atoms with Gasteiger partial charge in [-0.25, -0.2) is 4.98 Å². The van der Waals surface area contributed by atoms with E-state index in [9.17, 15) is 9.59 Å². The Morgan fingerprint density at radius 1 is 1.45 bits per heavy atom. The zero-order valence-electron chi connectivity index (χ0n) is 12.6. The van der Waals surface area contributed by atoms with Gasteiger partial charge in [0.25, 0.3) is 0 Å². The fraction of sp³-hybridized carbons (Fsp3) is 0.533. The lowest BCUT2D eigenvalue weighted by Crippen LogP contribution is -2.42. The minimum atomic E-state index is -0.151. The van der Waals surface area contributed by atoms with Crippen LogP contribution in [-0.2, 0) is 20.9 Å². The third kappa shape index (κ3) is 5.00. The molecule has 2 heterocycles. The minimum absolute atomic E-state index is 0.0114. The van der Waals surface area contributed by atoms with Gasteiger partial charge in [0.1, 0.15) is 6.61 Å². The molecule has 1 unspecified atom stereocenters. The third-order valence-corrected chi connectivity index (χ3v) is 3.44. The van der Waals surface area contributed by atoms with E-state index >= 15 is 0 Å². The molecular weight excluding hydrogens is 286 g/mol. The van der Waals surface area contributed by atoms with Crippen molar-refractivity contribution in [1.29, 1.82) is 0 Å². The number of pyridine rings is 1. The number of carbonyl (C=O) groups excluding carboxylic acids is 2. The maximum absolute atomic E-state index is 12.0. The van der Waals surface area contributed by atoms with Gasteiger partial charge < -0.3 is 20.1 Å². The van der Waals surface area contributed by atoms with Crippen LogP contribution < -0.4 is 15.4 Å². The Bertz CT molecular complexity index is 494. The van der Waals surface area contributed by atoms with Crippen LogP contribution in [-0.4, -0.2) is 43.7 Å². The lowest BCUT2D eigenvalue weighted by atomic mass is 9.98. The number of ether oxygens (including phenoxy) is 2. The Labute approximate surface area is 129 Å². The first-order valence-electron chi connectivity index (χ1n) is 7.30. The Hall–Kier alpha value is -2.15. The van der Waals surface area contributed by atoms with Crippen LogP contribution in [0.2, 0.25) is 0 Å². The maximum atomic E-state index is 12.0. The molecule has 0 aromatic carbocycles. The van der Waals surface area contributed by atoms with Crippen molar-refractivity contribution in [2.45, 2.75) is 19.4 Å². The summed E-state index contributed by atoms with van der Waals surface area (Å²) in [4.78, 5) is 27.2. The van der Waals surface area contributed by atoms with Crippen LogP contribution in [0.5, 0.6) is 5.88 Å². The summed E-state index contributed by atoms with van der Waals surface area (Å²) in [6.45, 7) is 1.79. The van der Waals surface area contributed by atoms with Gasteiger partial charge in [-0.15, -0.1) is 0 Å². The highest BCUT2D eigenvalue weighted by atomic mass is 16.5. The first kappa shape index (κ1) is 16.2. The second-order valence-electron chi connectivity index (χ2n) is 5.10. The molecule has 1 aromatic heterocycles. The SMILES string of the molecule is COCCOc1ccc(CNC(=O)C2CCC(=O)NC2)cn1. The van der Waals surface area contributed by atoms with E-state index in [1.807, 2.05) is 6.07 Å². The van der Waals surface area contributed by atoms with E-state index in [2.05, 4.69) is 15.6 Å². The van der Waals surface area contributed by atoms with Crippen LogP contribution in [0, 0.1) is 5.92 Å². The zero-order valence-corrected chi connectivity index (χ0v) is 12.6. The van der Waals surface area contributed by atoms with Crippen molar-refractivity contribution in [3.63, 3.8) is 0 Å². The Morgan fingerprint density at radius 3 is 2.95 bits per heavy atom. The van der Waals surface area contributed by atoms with Gasteiger partial charge in [-0.1, -0.05) is 6.07 Å². The van der Waals surface area contributed by atoms with Crippen LogP contribution in [0.25, 0.3) is 0 Å². The van der Waals surface area contributed by atoms with E-state index in [1.54, 1.807) is 19.4 Å². The number of aromatic nitrogens is 1. The van der Waals surface area contributed by atoms with Gasteiger partial charge in [-0.3, -0.25) is 9.59 Å². The summed E-state index contributed by atoms with van der Waals surface area (Å²) >= 11 is 0. The van der Waals surface area contributed by atoms with E-state index in [1.165, 1.54) is 0 Å². The molecule has 0 spiro atoms. The number of hydrogen-bond acceptors (Lipinski definition) is 5. The van der Waals surface area contributed by atoms with Crippen LogP contribution in [0.15, 0.2) is 18.3 Å². The van der Waals surface area contributed by atoms with Gasteiger partial charge in [0.05, 0.1) is 12.5 Å². The van der Waals surface area contributed by atoms with Crippen molar-refractivity contribution >= 4 is 11.8 Å². The zero-order chi connectivity index (χ0) is 15.8. The third-order valence-electron chi connectivity index (χ3n) is 3.44. The Balaban J connectivity index is 1.74. The molecule has 22 heavy (non-hydrogen) atoms. The van der Waals surface area contributed by atoms with Gasteiger partial charge in [0.2, 0.25) is 17.7 Å². The van der Waals surface area contributed by atoms with E-state index in [0.29, 0.717) is 45.0 Å². The molecule has 1 aliphatic heterocycles. The minimum Gasteiger partial charge on any atom is -0.475 e. The molecule has 1 aliphatic rings. The molecule has 0 aliphatic carbocycles. The summed E-state index contributed by atoms with van der Waals surface area (Å²) in [7, 11) is 1.61. The number of methoxy groups -OCH3 is 1. The molecule has 7 nitrogen and oxygen atoms in total. The number of nitrogens with zero attached hydrogens (tertiary/aromatic N) is 1. The molecule has 120 valence electrons. The van der Waals surface area contributed by atoms with Crippen molar-refractivity contribution in [1.82, 2.24) is 15.6 Å². The quantitative estimate of drug-likeness (QED) is 0.705. The maximum Gasteiger partial charge on any atom is 0.225 e. The summed E-state index contributed by atoms with van der Waals surface area (Å²) in [6, 6.07) is 3.62. The van der Waals surface area contributed by atoms with E-state index in [-0.39, 0.29) is 17.7 Å². The largest absolute Gasteiger partial charge is 0.475 e. The monoisotopic (exact) mass is 307 g/mol. The standard InChI is InChI=1S/C15H21N3O4/c1-21-6-7-22-14-5-2-11(8-17-14)9-18-15(20)12-3-4-13(19)16-10-12/h2,5,8,12H,3-4,6-7,9-10H2,1H3,(H,16,19)(H,18,20).